The van der Waals surface area contributed by atoms with E-state index in [-0.39, 0.29) is 23.0 Å². The molecule has 1 saturated carbocycles. The highest BCUT2D eigenvalue weighted by atomic mass is 32.1. The summed E-state index contributed by atoms with van der Waals surface area (Å²) in [5.74, 6) is -1.58. The van der Waals surface area contributed by atoms with Crippen molar-refractivity contribution in [2.45, 2.75) is 38.1 Å². The highest BCUT2D eigenvalue weighted by Gasteiger charge is 2.36. The summed E-state index contributed by atoms with van der Waals surface area (Å²) < 4.78 is 0. The molecule has 2 aliphatic rings. The first kappa shape index (κ1) is 14.8. The Labute approximate surface area is 124 Å². The first-order valence-corrected chi connectivity index (χ1v) is 7.34. The maximum Gasteiger partial charge on any atom is 0.247 e. The number of nitrogens with zero attached hydrogens (tertiary/aromatic N) is 2. The Morgan fingerprint density at radius 1 is 1.35 bits per heavy atom. The molecule has 2 amide bonds. The van der Waals surface area contributed by atoms with Crippen molar-refractivity contribution in [2.24, 2.45) is 10.9 Å². The number of thiocarbonyl (C=S) groups is 1. The fraction of sp³-hybridized carbons (Fsp3) is 0.571. The minimum atomic E-state index is -0.872. The van der Waals surface area contributed by atoms with Crippen LogP contribution in [0.5, 0.6) is 0 Å². The number of aliphatic imine (C=N–C) groups is 1. The molecule has 6 heteroatoms. The second kappa shape index (κ2) is 6.74. The molecule has 0 unspecified atom stereocenters. The van der Waals surface area contributed by atoms with E-state index in [4.69, 9.17) is 12.2 Å². The first-order chi connectivity index (χ1) is 9.63. The van der Waals surface area contributed by atoms with Gasteiger partial charge in [-0.2, -0.15) is 0 Å². The number of hydrogen-bond donors (Lipinski definition) is 1. The van der Waals surface area contributed by atoms with Gasteiger partial charge in [-0.25, -0.2) is 0 Å². The van der Waals surface area contributed by atoms with Gasteiger partial charge >= 0.3 is 0 Å². The molecule has 0 spiro atoms. The number of amides is 2. The molecule has 0 aromatic carbocycles. The summed E-state index contributed by atoms with van der Waals surface area (Å²) in [5, 5.41) is 2.68. The van der Waals surface area contributed by atoms with Crippen LogP contribution >= 0.6 is 12.2 Å². The molecule has 1 aliphatic heterocycles. The molecule has 108 valence electrons. The zero-order valence-corrected chi connectivity index (χ0v) is 12.2. The van der Waals surface area contributed by atoms with Crippen LogP contribution < -0.4 is 5.32 Å². The average Bonchev–Trinajstić information content (AvgIpc) is 2.44. The van der Waals surface area contributed by atoms with Gasteiger partial charge in [-0.05, 0) is 25.1 Å². The lowest BCUT2D eigenvalue weighted by molar-refractivity contribution is -0.137. The largest absolute Gasteiger partial charge is 0.302 e. The predicted octanol–water partition coefficient (Wildman–Crippen LogP) is 1.44. The van der Waals surface area contributed by atoms with Crippen molar-refractivity contribution in [3.8, 4) is 0 Å². The van der Waals surface area contributed by atoms with E-state index >= 15 is 0 Å². The molecule has 0 aromatic rings. The van der Waals surface area contributed by atoms with E-state index in [0.29, 0.717) is 6.54 Å². The molecule has 2 rings (SSSR count). The summed E-state index contributed by atoms with van der Waals surface area (Å²) in [6, 6.07) is 0.242. The lowest BCUT2D eigenvalue weighted by Crippen LogP contribution is -2.58. The Morgan fingerprint density at radius 3 is 2.70 bits per heavy atom. The number of carbonyl (C=O) groups excluding carboxylic acids is 2. The lowest BCUT2D eigenvalue weighted by Gasteiger charge is -2.30. The molecule has 0 bridgehead atoms. The van der Waals surface area contributed by atoms with Gasteiger partial charge in [0.2, 0.25) is 11.8 Å². The molecular weight excluding hydrogens is 274 g/mol. The molecule has 1 saturated heterocycles. The summed E-state index contributed by atoms with van der Waals surface area (Å²) in [4.78, 5) is 29.9. The minimum absolute atomic E-state index is 0.141. The predicted molar refractivity (Wildman–Crippen MR) is 81.5 cm³/mol. The molecule has 0 aromatic heterocycles. The van der Waals surface area contributed by atoms with Gasteiger partial charge in [-0.15, -0.1) is 6.58 Å². The van der Waals surface area contributed by atoms with Crippen molar-refractivity contribution < 1.29 is 9.59 Å². The van der Waals surface area contributed by atoms with Gasteiger partial charge in [0, 0.05) is 18.8 Å². The Kier molecular flexibility index (Phi) is 5.00. The fourth-order valence-corrected chi connectivity index (χ4v) is 2.77. The summed E-state index contributed by atoms with van der Waals surface area (Å²) >= 11 is 4.99. The van der Waals surface area contributed by atoms with Crippen LogP contribution in [0.1, 0.15) is 32.1 Å². The molecule has 1 heterocycles. The summed E-state index contributed by atoms with van der Waals surface area (Å²) in [5.41, 5.74) is 0. The molecule has 1 atom stereocenters. The Bertz CT molecular complexity index is 455. The van der Waals surface area contributed by atoms with E-state index in [0.717, 1.165) is 12.8 Å². The second-order valence-electron chi connectivity index (χ2n) is 5.10. The minimum Gasteiger partial charge on any atom is -0.302 e. The van der Waals surface area contributed by atoms with Crippen molar-refractivity contribution in [3.05, 3.63) is 12.7 Å². The van der Waals surface area contributed by atoms with E-state index in [9.17, 15) is 9.59 Å². The Morgan fingerprint density at radius 2 is 2.05 bits per heavy atom. The Balaban J connectivity index is 2.06. The standard InChI is InChI=1S/C14H19N3O2S/c1-2-8-17-13(19)11(12(18)16-14(17)20)9-15-10-6-4-3-5-7-10/h2,9-11H,1,3-8H2,(H,16,18,20)/t11-/m1/s1. The van der Waals surface area contributed by atoms with Crippen LogP contribution in [0.2, 0.25) is 0 Å². The number of nitrogens with one attached hydrogen (secondary N) is 1. The van der Waals surface area contributed by atoms with Crippen molar-refractivity contribution >= 4 is 35.4 Å². The van der Waals surface area contributed by atoms with Crippen LogP contribution in [-0.2, 0) is 9.59 Å². The van der Waals surface area contributed by atoms with Gasteiger partial charge in [-0.1, -0.05) is 25.3 Å². The molecular formula is C14H19N3O2S. The third-order valence-electron chi connectivity index (χ3n) is 3.62. The molecule has 1 N–H and O–H groups in total. The maximum absolute atomic E-state index is 12.2. The SMILES string of the molecule is C=CCN1C(=O)[C@H](C=NC2CCCCC2)C(=O)NC1=S. The van der Waals surface area contributed by atoms with Gasteiger partial charge in [0.15, 0.2) is 11.0 Å². The van der Waals surface area contributed by atoms with Crippen LogP contribution in [-0.4, -0.2) is 40.6 Å². The lowest BCUT2D eigenvalue weighted by atomic mass is 9.96. The van der Waals surface area contributed by atoms with Crippen molar-refractivity contribution in [3.63, 3.8) is 0 Å². The summed E-state index contributed by atoms with van der Waals surface area (Å²) in [7, 11) is 0. The van der Waals surface area contributed by atoms with Crippen LogP contribution in [0, 0.1) is 5.92 Å². The Hall–Kier alpha value is -1.56. The first-order valence-electron chi connectivity index (χ1n) is 6.94. The maximum atomic E-state index is 12.2. The monoisotopic (exact) mass is 293 g/mol. The normalized spacial score (nSPS) is 25.1. The van der Waals surface area contributed by atoms with Crippen LogP contribution in [0.3, 0.4) is 0 Å². The van der Waals surface area contributed by atoms with Crippen LogP contribution in [0.15, 0.2) is 17.6 Å². The van der Waals surface area contributed by atoms with Gasteiger partial charge in [0.05, 0.1) is 0 Å². The third kappa shape index (κ3) is 3.30. The van der Waals surface area contributed by atoms with Gasteiger partial charge in [0.1, 0.15) is 0 Å². The smallest absolute Gasteiger partial charge is 0.247 e. The van der Waals surface area contributed by atoms with E-state index in [1.165, 1.54) is 30.4 Å². The van der Waals surface area contributed by atoms with Gasteiger partial charge in [-0.3, -0.25) is 19.5 Å². The van der Waals surface area contributed by atoms with E-state index in [1.54, 1.807) is 6.08 Å². The highest BCUT2D eigenvalue weighted by Crippen LogP contribution is 2.20. The second-order valence-corrected chi connectivity index (χ2v) is 5.49. The van der Waals surface area contributed by atoms with Gasteiger partial charge < -0.3 is 5.32 Å². The van der Waals surface area contributed by atoms with E-state index < -0.39 is 5.92 Å². The quantitative estimate of drug-likeness (QED) is 0.369. The van der Waals surface area contributed by atoms with E-state index in [2.05, 4.69) is 16.9 Å². The fourth-order valence-electron chi connectivity index (χ4n) is 2.50. The zero-order chi connectivity index (χ0) is 14.5. The molecule has 5 nitrogen and oxygen atoms in total. The number of carbonyl (C=O) groups is 2. The van der Waals surface area contributed by atoms with Crippen molar-refractivity contribution in [1.82, 2.24) is 10.2 Å². The average molecular weight is 293 g/mol. The molecule has 1 aliphatic carbocycles. The van der Waals surface area contributed by atoms with Gasteiger partial charge in [0.25, 0.3) is 0 Å². The molecule has 20 heavy (non-hydrogen) atoms. The molecule has 0 radical (unpaired) electrons. The van der Waals surface area contributed by atoms with E-state index in [1.807, 2.05) is 0 Å². The zero-order valence-electron chi connectivity index (χ0n) is 11.4. The number of hydrogen-bond acceptors (Lipinski definition) is 4. The summed E-state index contributed by atoms with van der Waals surface area (Å²) in [6.07, 6.45) is 8.72. The highest BCUT2D eigenvalue weighted by molar-refractivity contribution is 7.80. The molecule has 2 fully saturated rings. The van der Waals surface area contributed by atoms with Crippen LogP contribution in [0.4, 0.5) is 0 Å². The number of rotatable bonds is 4. The third-order valence-corrected chi connectivity index (χ3v) is 3.94. The topological polar surface area (TPSA) is 61.8 Å². The van der Waals surface area contributed by atoms with Crippen molar-refractivity contribution in [2.75, 3.05) is 6.54 Å². The van der Waals surface area contributed by atoms with Crippen molar-refractivity contribution in [1.29, 1.82) is 0 Å². The van der Waals surface area contributed by atoms with Crippen LogP contribution in [0.25, 0.3) is 0 Å². The summed E-state index contributed by atoms with van der Waals surface area (Å²) in [6.45, 7) is 3.88.